The third-order valence-electron chi connectivity index (χ3n) is 4.50. The van der Waals surface area contributed by atoms with Gasteiger partial charge in [0.05, 0.1) is 12.3 Å². The Labute approximate surface area is 153 Å². The molecule has 1 aliphatic heterocycles. The van der Waals surface area contributed by atoms with Crippen LogP contribution in [-0.2, 0) is 12.6 Å². The van der Waals surface area contributed by atoms with Gasteiger partial charge in [-0.25, -0.2) is 15.0 Å². The van der Waals surface area contributed by atoms with Crippen molar-refractivity contribution in [1.29, 1.82) is 0 Å². The van der Waals surface area contributed by atoms with Crippen molar-refractivity contribution >= 4 is 5.82 Å². The molecule has 0 bridgehead atoms. The Balaban J connectivity index is 1.55. The maximum absolute atomic E-state index is 14.1. The zero-order chi connectivity index (χ0) is 19.4. The van der Waals surface area contributed by atoms with Gasteiger partial charge in [-0.2, -0.15) is 22.5 Å². The molecule has 27 heavy (non-hydrogen) atoms. The molecule has 3 heterocycles. The van der Waals surface area contributed by atoms with Crippen LogP contribution in [0.1, 0.15) is 31.2 Å². The summed E-state index contributed by atoms with van der Waals surface area (Å²) in [6.45, 7) is 3.16. The van der Waals surface area contributed by atoms with Gasteiger partial charge in [-0.1, -0.05) is 6.92 Å². The molecular weight excluding hydrogens is 366 g/mol. The summed E-state index contributed by atoms with van der Waals surface area (Å²) >= 11 is 0. The highest BCUT2D eigenvalue weighted by molar-refractivity contribution is 5.39. The average Bonchev–Trinajstić information content (AvgIpc) is 2.67. The predicted octanol–water partition coefficient (Wildman–Crippen LogP) is 3.28. The normalized spacial score (nSPS) is 15.8. The highest BCUT2D eigenvalue weighted by Crippen LogP contribution is 2.30. The SMILES string of the molecule is CCc1ncnc(OCC2CCN(c3cc(C(F)(F)F)ncn3)CC2)c1F. The highest BCUT2D eigenvalue weighted by atomic mass is 19.4. The van der Waals surface area contributed by atoms with Crippen molar-refractivity contribution < 1.29 is 22.3 Å². The van der Waals surface area contributed by atoms with Crippen LogP contribution in [0.25, 0.3) is 0 Å². The molecule has 0 aromatic carbocycles. The first-order chi connectivity index (χ1) is 12.9. The Morgan fingerprint density at radius 2 is 1.81 bits per heavy atom. The Morgan fingerprint density at radius 1 is 1.11 bits per heavy atom. The molecule has 0 unspecified atom stereocenters. The fourth-order valence-electron chi connectivity index (χ4n) is 2.94. The quantitative estimate of drug-likeness (QED) is 0.736. The third-order valence-corrected chi connectivity index (χ3v) is 4.50. The Bertz CT molecular complexity index is 778. The number of aryl methyl sites for hydroxylation is 1. The molecule has 0 aliphatic carbocycles. The van der Waals surface area contributed by atoms with E-state index in [0.29, 0.717) is 44.7 Å². The summed E-state index contributed by atoms with van der Waals surface area (Å²) in [5, 5.41) is 0. The molecule has 0 spiro atoms. The monoisotopic (exact) mass is 385 g/mol. The molecule has 0 radical (unpaired) electrons. The van der Waals surface area contributed by atoms with E-state index in [2.05, 4.69) is 19.9 Å². The minimum atomic E-state index is -4.50. The minimum absolute atomic E-state index is 0.0603. The van der Waals surface area contributed by atoms with Crippen LogP contribution in [-0.4, -0.2) is 39.6 Å². The van der Waals surface area contributed by atoms with E-state index < -0.39 is 17.7 Å². The number of hydrogen-bond acceptors (Lipinski definition) is 6. The first kappa shape index (κ1) is 19.2. The van der Waals surface area contributed by atoms with Crippen LogP contribution in [0.15, 0.2) is 18.7 Å². The first-order valence-electron chi connectivity index (χ1n) is 8.64. The maximum Gasteiger partial charge on any atom is 0.433 e. The molecule has 0 atom stereocenters. The van der Waals surface area contributed by atoms with Crippen LogP contribution in [0.4, 0.5) is 23.4 Å². The summed E-state index contributed by atoms with van der Waals surface area (Å²) in [5.74, 6) is -0.191. The second kappa shape index (κ2) is 8.01. The molecule has 0 amide bonds. The number of piperidine rings is 1. The van der Waals surface area contributed by atoms with Gasteiger partial charge < -0.3 is 9.64 Å². The molecule has 2 aromatic heterocycles. The number of hydrogen-bond donors (Lipinski definition) is 0. The number of halogens is 4. The summed E-state index contributed by atoms with van der Waals surface area (Å²) in [6.07, 6.45) is -0.466. The van der Waals surface area contributed by atoms with Crippen LogP contribution < -0.4 is 9.64 Å². The molecule has 10 heteroatoms. The fourth-order valence-corrected chi connectivity index (χ4v) is 2.94. The van der Waals surface area contributed by atoms with Crippen LogP contribution >= 0.6 is 0 Å². The largest absolute Gasteiger partial charge is 0.475 e. The van der Waals surface area contributed by atoms with E-state index in [1.807, 2.05) is 0 Å². The summed E-state index contributed by atoms with van der Waals surface area (Å²) in [5.41, 5.74) is -0.650. The zero-order valence-electron chi connectivity index (χ0n) is 14.7. The Kier molecular flexibility index (Phi) is 5.71. The smallest absolute Gasteiger partial charge is 0.433 e. The minimum Gasteiger partial charge on any atom is -0.475 e. The van der Waals surface area contributed by atoms with E-state index in [1.54, 1.807) is 11.8 Å². The van der Waals surface area contributed by atoms with Crippen molar-refractivity contribution in [3.8, 4) is 5.88 Å². The average molecular weight is 385 g/mol. The van der Waals surface area contributed by atoms with Crippen LogP contribution in [0.2, 0.25) is 0 Å². The van der Waals surface area contributed by atoms with Crippen molar-refractivity contribution in [2.45, 2.75) is 32.4 Å². The summed E-state index contributed by atoms with van der Waals surface area (Å²) < 4.78 is 57.9. The zero-order valence-corrected chi connectivity index (χ0v) is 14.7. The number of rotatable bonds is 5. The number of nitrogens with zero attached hydrogens (tertiary/aromatic N) is 5. The van der Waals surface area contributed by atoms with Gasteiger partial charge >= 0.3 is 6.18 Å². The lowest BCUT2D eigenvalue weighted by Gasteiger charge is -2.32. The number of anilines is 1. The third kappa shape index (κ3) is 4.61. The van der Waals surface area contributed by atoms with Crippen molar-refractivity contribution in [2.75, 3.05) is 24.6 Å². The molecule has 2 aromatic rings. The molecule has 0 N–H and O–H groups in total. The van der Waals surface area contributed by atoms with Crippen molar-refractivity contribution in [3.05, 3.63) is 35.9 Å². The highest BCUT2D eigenvalue weighted by Gasteiger charge is 2.33. The van der Waals surface area contributed by atoms with Crippen molar-refractivity contribution in [2.24, 2.45) is 5.92 Å². The fraction of sp³-hybridized carbons (Fsp3) is 0.529. The van der Waals surface area contributed by atoms with E-state index in [1.165, 1.54) is 6.33 Å². The standard InChI is InChI=1S/C17H19F4N5O/c1-2-12-15(18)16(25-9-22-12)27-8-11-3-5-26(6-4-11)14-7-13(17(19,20)21)23-10-24-14/h7,9-11H,2-6,8H2,1H3. The predicted molar refractivity (Wildman–Crippen MR) is 88.8 cm³/mol. The topological polar surface area (TPSA) is 64.0 Å². The van der Waals surface area contributed by atoms with E-state index >= 15 is 0 Å². The second-order valence-corrected chi connectivity index (χ2v) is 6.29. The first-order valence-corrected chi connectivity index (χ1v) is 8.64. The van der Waals surface area contributed by atoms with Gasteiger partial charge in [0, 0.05) is 19.2 Å². The Morgan fingerprint density at radius 3 is 2.48 bits per heavy atom. The van der Waals surface area contributed by atoms with Gasteiger partial charge in [0.1, 0.15) is 24.2 Å². The lowest BCUT2D eigenvalue weighted by molar-refractivity contribution is -0.141. The molecule has 1 aliphatic rings. The van der Waals surface area contributed by atoms with E-state index in [-0.39, 0.29) is 17.6 Å². The number of ether oxygens (including phenoxy) is 1. The van der Waals surface area contributed by atoms with Gasteiger partial charge in [0.2, 0.25) is 5.82 Å². The Hall–Kier alpha value is -2.52. The number of alkyl halides is 3. The molecule has 0 saturated carbocycles. The summed E-state index contributed by atoms with van der Waals surface area (Å²) in [7, 11) is 0. The van der Waals surface area contributed by atoms with Crippen LogP contribution in [0.5, 0.6) is 5.88 Å². The van der Waals surface area contributed by atoms with Gasteiger partial charge in [-0.3, -0.25) is 0 Å². The van der Waals surface area contributed by atoms with Crippen LogP contribution in [0.3, 0.4) is 0 Å². The molecule has 1 fully saturated rings. The second-order valence-electron chi connectivity index (χ2n) is 6.29. The van der Waals surface area contributed by atoms with Gasteiger partial charge in [-0.15, -0.1) is 0 Å². The molecule has 1 saturated heterocycles. The van der Waals surface area contributed by atoms with Crippen molar-refractivity contribution in [3.63, 3.8) is 0 Å². The van der Waals surface area contributed by atoms with Crippen molar-refractivity contribution in [1.82, 2.24) is 19.9 Å². The van der Waals surface area contributed by atoms with E-state index in [4.69, 9.17) is 4.74 Å². The van der Waals surface area contributed by atoms with Crippen LogP contribution in [0, 0.1) is 11.7 Å². The van der Waals surface area contributed by atoms with Gasteiger partial charge in [0.25, 0.3) is 5.88 Å². The van der Waals surface area contributed by atoms with Gasteiger partial charge in [0.15, 0.2) is 0 Å². The lowest BCUT2D eigenvalue weighted by atomic mass is 9.98. The molecular formula is C17H19F4N5O. The lowest BCUT2D eigenvalue weighted by Crippen LogP contribution is -2.36. The number of aromatic nitrogens is 4. The van der Waals surface area contributed by atoms with E-state index in [9.17, 15) is 17.6 Å². The van der Waals surface area contributed by atoms with Gasteiger partial charge in [-0.05, 0) is 25.2 Å². The molecule has 3 rings (SSSR count). The maximum atomic E-state index is 14.1. The molecule has 146 valence electrons. The summed E-state index contributed by atoms with van der Waals surface area (Å²) in [6, 6.07) is 0.958. The summed E-state index contributed by atoms with van der Waals surface area (Å²) in [4.78, 5) is 16.7. The van der Waals surface area contributed by atoms with E-state index in [0.717, 1.165) is 12.4 Å². The molecule has 6 nitrogen and oxygen atoms in total.